The normalized spacial score (nSPS) is 14.9. The Balaban J connectivity index is 1.38. The second-order valence-electron chi connectivity index (χ2n) is 9.19. The van der Waals surface area contributed by atoms with Gasteiger partial charge in [0.15, 0.2) is 0 Å². The first-order valence-electron chi connectivity index (χ1n) is 12.5. The first kappa shape index (κ1) is 26.5. The van der Waals surface area contributed by atoms with Gasteiger partial charge in [-0.1, -0.05) is 48.6 Å². The summed E-state index contributed by atoms with van der Waals surface area (Å²) in [7, 11) is 1.52. The van der Waals surface area contributed by atoms with Crippen molar-refractivity contribution in [2.75, 3.05) is 24.3 Å². The minimum atomic E-state index is -0.959. The van der Waals surface area contributed by atoms with E-state index in [1.165, 1.54) is 7.11 Å². The Morgan fingerprint density at radius 1 is 1.03 bits per heavy atom. The molecule has 3 N–H and O–H groups in total. The van der Waals surface area contributed by atoms with Crippen LogP contribution in [0.1, 0.15) is 39.9 Å². The second-order valence-corrected chi connectivity index (χ2v) is 9.19. The first-order valence-corrected chi connectivity index (χ1v) is 12.5. The summed E-state index contributed by atoms with van der Waals surface area (Å²) in [5.41, 5.74) is 4.09. The highest BCUT2D eigenvalue weighted by Gasteiger charge is 2.27. The van der Waals surface area contributed by atoms with Crippen LogP contribution in [0.5, 0.6) is 5.75 Å². The molecule has 1 fully saturated rings. The van der Waals surface area contributed by atoms with Crippen LogP contribution in [0.2, 0.25) is 0 Å². The van der Waals surface area contributed by atoms with Crippen LogP contribution in [0.3, 0.4) is 0 Å². The Kier molecular flexibility index (Phi) is 8.43. The number of rotatable bonds is 8. The van der Waals surface area contributed by atoms with Crippen LogP contribution in [0, 0.1) is 6.92 Å². The molecule has 3 amide bonds. The van der Waals surface area contributed by atoms with Crippen LogP contribution in [0.25, 0.3) is 6.08 Å². The van der Waals surface area contributed by atoms with E-state index in [1.807, 2.05) is 54.3 Å². The maximum atomic E-state index is 13.2. The van der Waals surface area contributed by atoms with Crippen LogP contribution in [-0.4, -0.2) is 47.6 Å². The summed E-state index contributed by atoms with van der Waals surface area (Å²) in [6.07, 6.45) is 5.93. The summed E-state index contributed by atoms with van der Waals surface area (Å²) in [6, 6.07) is 19.1. The van der Waals surface area contributed by atoms with Crippen molar-refractivity contribution in [3.05, 3.63) is 95.1 Å². The van der Waals surface area contributed by atoms with Crippen LogP contribution < -0.4 is 15.4 Å². The Morgan fingerprint density at radius 3 is 2.47 bits per heavy atom. The zero-order chi connectivity index (χ0) is 27.1. The fourth-order valence-corrected chi connectivity index (χ4v) is 4.48. The SMILES string of the molecule is COc1cc(CC(=O)N2CCCC2C=Cc2ccc(C(=O)O)cc2)ccc1NC(=O)Nc1ccccc1C. The number of urea groups is 1. The van der Waals surface area contributed by atoms with Crippen molar-refractivity contribution in [3.63, 3.8) is 0 Å². The molecule has 0 radical (unpaired) electrons. The maximum Gasteiger partial charge on any atom is 0.335 e. The number of carbonyl (C=O) groups excluding carboxylic acids is 2. The van der Waals surface area contributed by atoms with Gasteiger partial charge in [0, 0.05) is 12.2 Å². The molecule has 0 saturated carbocycles. The molecule has 196 valence electrons. The number of para-hydroxylation sites is 1. The monoisotopic (exact) mass is 513 g/mol. The summed E-state index contributed by atoms with van der Waals surface area (Å²) in [5, 5.41) is 14.7. The van der Waals surface area contributed by atoms with E-state index in [4.69, 9.17) is 9.84 Å². The fraction of sp³-hybridized carbons (Fsp3) is 0.233. The number of nitrogens with zero attached hydrogens (tertiary/aromatic N) is 1. The molecule has 1 atom stereocenters. The number of aromatic carboxylic acids is 1. The number of likely N-dealkylation sites (tertiary alicyclic amines) is 1. The van der Waals surface area contributed by atoms with E-state index in [1.54, 1.807) is 36.4 Å². The molecule has 0 aliphatic carbocycles. The molecular formula is C30H31N3O5. The summed E-state index contributed by atoms with van der Waals surface area (Å²) in [5.74, 6) is -0.476. The lowest BCUT2D eigenvalue weighted by atomic mass is 10.1. The number of carboxylic acids is 1. The summed E-state index contributed by atoms with van der Waals surface area (Å²) < 4.78 is 5.48. The van der Waals surface area contributed by atoms with Crippen molar-refractivity contribution >= 4 is 35.4 Å². The smallest absolute Gasteiger partial charge is 0.335 e. The molecule has 4 rings (SSSR count). The van der Waals surface area contributed by atoms with Crippen molar-refractivity contribution < 1.29 is 24.2 Å². The van der Waals surface area contributed by atoms with Gasteiger partial charge in [0.1, 0.15) is 5.75 Å². The lowest BCUT2D eigenvalue weighted by Gasteiger charge is -2.22. The highest BCUT2D eigenvalue weighted by atomic mass is 16.5. The Morgan fingerprint density at radius 2 is 1.76 bits per heavy atom. The summed E-state index contributed by atoms with van der Waals surface area (Å²) >= 11 is 0. The Hall–Kier alpha value is -4.59. The maximum absolute atomic E-state index is 13.2. The third kappa shape index (κ3) is 6.59. The van der Waals surface area contributed by atoms with Crippen LogP contribution in [0.15, 0.2) is 72.8 Å². The minimum absolute atomic E-state index is 0.0124. The molecule has 8 nitrogen and oxygen atoms in total. The number of ether oxygens (including phenoxy) is 1. The molecule has 38 heavy (non-hydrogen) atoms. The second kappa shape index (κ2) is 12.1. The number of methoxy groups -OCH3 is 1. The Bertz CT molecular complexity index is 1350. The number of carboxylic acid groups (broad SMARTS) is 1. The third-order valence-electron chi connectivity index (χ3n) is 6.55. The lowest BCUT2D eigenvalue weighted by Crippen LogP contribution is -2.35. The van der Waals surface area contributed by atoms with Gasteiger partial charge in [0.05, 0.1) is 30.8 Å². The van der Waals surface area contributed by atoms with Crippen LogP contribution >= 0.6 is 0 Å². The van der Waals surface area contributed by atoms with E-state index in [2.05, 4.69) is 10.6 Å². The van der Waals surface area contributed by atoms with E-state index in [9.17, 15) is 14.4 Å². The van der Waals surface area contributed by atoms with Crippen molar-refractivity contribution in [1.29, 1.82) is 0 Å². The number of hydrogen-bond donors (Lipinski definition) is 3. The largest absolute Gasteiger partial charge is 0.495 e. The number of hydrogen-bond acceptors (Lipinski definition) is 4. The summed E-state index contributed by atoms with van der Waals surface area (Å²) in [6.45, 7) is 2.60. The standard InChI is InChI=1S/C30H31N3O5/c1-20-6-3-4-8-25(20)31-30(37)32-26-16-12-22(18-27(26)38-2)19-28(34)33-17-5-7-24(33)15-11-21-9-13-23(14-10-21)29(35)36/h3-4,6,8-16,18,24H,5,7,17,19H2,1-2H3,(H,35,36)(H2,31,32,37). The number of carbonyl (C=O) groups is 3. The first-order chi connectivity index (χ1) is 18.3. The average molecular weight is 514 g/mol. The molecule has 0 aromatic heterocycles. The van der Waals surface area contributed by atoms with Gasteiger partial charge in [0.2, 0.25) is 5.91 Å². The third-order valence-corrected chi connectivity index (χ3v) is 6.55. The van der Waals surface area contributed by atoms with Crippen LogP contribution in [0.4, 0.5) is 16.2 Å². The van der Waals surface area contributed by atoms with Gasteiger partial charge in [-0.05, 0) is 66.8 Å². The Labute approximate surface area is 221 Å². The lowest BCUT2D eigenvalue weighted by molar-refractivity contribution is -0.130. The summed E-state index contributed by atoms with van der Waals surface area (Å²) in [4.78, 5) is 38.6. The molecular weight excluding hydrogens is 482 g/mol. The molecule has 0 bridgehead atoms. The molecule has 1 saturated heterocycles. The van der Waals surface area contributed by atoms with Crippen molar-refractivity contribution in [2.45, 2.75) is 32.2 Å². The average Bonchev–Trinajstić information content (AvgIpc) is 3.39. The van der Waals surface area contributed by atoms with Gasteiger partial charge in [-0.3, -0.25) is 4.79 Å². The topological polar surface area (TPSA) is 108 Å². The molecule has 8 heteroatoms. The highest BCUT2D eigenvalue weighted by molar-refractivity contribution is 6.01. The highest BCUT2D eigenvalue weighted by Crippen LogP contribution is 2.28. The quantitative estimate of drug-likeness (QED) is 0.364. The number of aryl methyl sites for hydroxylation is 1. The van der Waals surface area contributed by atoms with Crippen molar-refractivity contribution in [2.24, 2.45) is 0 Å². The predicted molar refractivity (Wildman–Crippen MR) is 148 cm³/mol. The number of amides is 3. The van der Waals surface area contributed by atoms with Crippen molar-refractivity contribution in [1.82, 2.24) is 4.90 Å². The number of benzene rings is 3. The zero-order valence-corrected chi connectivity index (χ0v) is 21.4. The van der Waals surface area contributed by atoms with Gasteiger partial charge in [-0.15, -0.1) is 0 Å². The molecule has 1 heterocycles. The molecule has 1 aliphatic heterocycles. The van der Waals surface area contributed by atoms with Gasteiger partial charge in [0.25, 0.3) is 0 Å². The predicted octanol–water partition coefficient (Wildman–Crippen LogP) is 5.59. The van der Waals surface area contributed by atoms with Gasteiger partial charge < -0.3 is 25.4 Å². The minimum Gasteiger partial charge on any atom is -0.495 e. The van der Waals surface area contributed by atoms with Gasteiger partial charge in [-0.2, -0.15) is 0 Å². The van der Waals surface area contributed by atoms with Crippen LogP contribution in [-0.2, 0) is 11.2 Å². The van der Waals surface area contributed by atoms with E-state index < -0.39 is 5.97 Å². The molecule has 3 aromatic carbocycles. The molecule has 3 aromatic rings. The molecule has 0 spiro atoms. The number of nitrogens with one attached hydrogen (secondary N) is 2. The van der Waals surface area contributed by atoms with E-state index in [0.29, 0.717) is 18.0 Å². The van der Waals surface area contributed by atoms with E-state index >= 15 is 0 Å². The molecule has 1 aliphatic rings. The van der Waals surface area contributed by atoms with E-state index in [-0.39, 0.29) is 30.0 Å². The zero-order valence-electron chi connectivity index (χ0n) is 21.4. The van der Waals surface area contributed by atoms with Crippen molar-refractivity contribution in [3.8, 4) is 5.75 Å². The van der Waals surface area contributed by atoms with E-state index in [0.717, 1.165) is 35.2 Å². The fourth-order valence-electron chi connectivity index (χ4n) is 4.48. The van der Waals surface area contributed by atoms with Gasteiger partial charge in [-0.25, -0.2) is 9.59 Å². The number of anilines is 2. The molecule has 1 unspecified atom stereocenters. The van der Waals surface area contributed by atoms with Gasteiger partial charge >= 0.3 is 12.0 Å².